The summed E-state index contributed by atoms with van der Waals surface area (Å²) in [6, 6.07) is 8.53. The summed E-state index contributed by atoms with van der Waals surface area (Å²) in [6.07, 6.45) is 2.29. The monoisotopic (exact) mass is 288 g/mol. The van der Waals surface area contributed by atoms with Crippen LogP contribution in [0.1, 0.15) is 24.8 Å². The molecule has 3 aliphatic rings. The van der Waals surface area contributed by atoms with Gasteiger partial charge in [0.15, 0.2) is 0 Å². The van der Waals surface area contributed by atoms with Crippen LogP contribution in [-0.4, -0.2) is 5.67 Å². The first kappa shape index (κ1) is 8.21. The van der Waals surface area contributed by atoms with Gasteiger partial charge < -0.3 is 0 Å². The Kier molecular flexibility index (Phi) is 1.43. The number of rotatable bonds is 1. The third-order valence-corrected chi connectivity index (χ3v) is 4.14. The van der Waals surface area contributed by atoms with Crippen molar-refractivity contribution in [2.24, 2.45) is 0 Å². The van der Waals surface area contributed by atoms with Crippen LogP contribution in [0.3, 0.4) is 0 Å². The number of benzene rings is 1. The summed E-state index contributed by atoms with van der Waals surface area (Å²) >= 11 is 2.30. The molecule has 13 heavy (non-hydrogen) atoms. The van der Waals surface area contributed by atoms with E-state index in [-0.39, 0.29) is 5.41 Å². The van der Waals surface area contributed by atoms with Crippen LogP contribution in [-0.2, 0) is 5.41 Å². The number of alkyl halides is 1. The Morgan fingerprint density at radius 3 is 2.08 bits per heavy atom. The predicted octanol–water partition coefficient (Wildman–Crippen LogP) is 3.43. The first-order valence-electron chi connectivity index (χ1n) is 4.57. The second kappa shape index (κ2) is 2.27. The van der Waals surface area contributed by atoms with E-state index in [0.29, 0.717) is 0 Å². The number of hydrogen-bond donors (Lipinski definition) is 0. The molecule has 0 heterocycles. The van der Waals surface area contributed by atoms with Gasteiger partial charge in [-0.3, -0.25) is 0 Å². The zero-order valence-corrected chi connectivity index (χ0v) is 9.34. The Hall–Kier alpha value is -0.120. The van der Waals surface area contributed by atoms with Gasteiger partial charge >= 0.3 is 0 Å². The molecule has 0 spiro atoms. The minimum atomic E-state index is -0.775. The second-order valence-corrected chi connectivity index (χ2v) is 5.71. The van der Waals surface area contributed by atoms with Crippen LogP contribution in [0.2, 0.25) is 0 Å². The van der Waals surface area contributed by atoms with Gasteiger partial charge in [-0.05, 0) is 59.5 Å². The summed E-state index contributed by atoms with van der Waals surface area (Å²) in [4.78, 5) is 0. The average molecular weight is 288 g/mol. The lowest BCUT2D eigenvalue weighted by molar-refractivity contribution is -0.158. The van der Waals surface area contributed by atoms with E-state index >= 15 is 0 Å². The lowest BCUT2D eigenvalue weighted by Gasteiger charge is -2.66. The summed E-state index contributed by atoms with van der Waals surface area (Å²) in [5.74, 6) is 0. The lowest BCUT2D eigenvalue weighted by Crippen LogP contribution is -2.67. The van der Waals surface area contributed by atoms with Crippen LogP contribution in [0.4, 0.5) is 4.39 Å². The van der Waals surface area contributed by atoms with Crippen molar-refractivity contribution in [1.82, 2.24) is 0 Å². The summed E-state index contributed by atoms with van der Waals surface area (Å²) in [7, 11) is 0. The molecule has 2 heteroatoms. The molecule has 0 saturated heterocycles. The summed E-state index contributed by atoms with van der Waals surface area (Å²) in [5.41, 5.74) is 0.801. The smallest absolute Gasteiger partial charge is 0.113 e. The summed E-state index contributed by atoms with van der Waals surface area (Å²) in [5, 5.41) is 0. The van der Waals surface area contributed by atoms with Crippen molar-refractivity contribution in [1.29, 1.82) is 0 Å². The molecule has 0 N–H and O–H groups in total. The fourth-order valence-electron chi connectivity index (χ4n) is 2.77. The Bertz CT molecular complexity index is 335. The second-order valence-electron chi connectivity index (χ2n) is 4.47. The third kappa shape index (κ3) is 1.01. The Balaban J connectivity index is 1.91. The van der Waals surface area contributed by atoms with E-state index in [1.165, 1.54) is 9.13 Å². The highest BCUT2D eigenvalue weighted by molar-refractivity contribution is 14.1. The number of halogens is 2. The zero-order chi connectivity index (χ0) is 9.10. The van der Waals surface area contributed by atoms with Crippen molar-refractivity contribution < 1.29 is 4.39 Å². The van der Waals surface area contributed by atoms with Crippen LogP contribution in [0.15, 0.2) is 24.3 Å². The first-order chi connectivity index (χ1) is 6.12. The highest BCUT2D eigenvalue weighted by atomic mass is 127. The predicted molar refractivity (Wildman–Crippen MR) is 58.5 cm³/mol. The van der Waals surface area contributed by atoms with E-state index in [1.807, 2.05) is 0 Å². The van der Waals surface area contributed by atoms with Crippen molar-refractivity contribution in [2.75, 3.05) is 0 Å². The summed E-state index contributed by atoms with van der Waals surface area (Å²) in [6.45, 7) is 0. The Morgan fingerprint density at radius 2 is 1.62 bits per heavy atom. The van der Waals surface area contributed by atoms with Gasteiger partial charge in [0.25, 0.3) is 0 Å². The molecule has 3 fully saturated rings. The molecule has 0 nitrogen and oxygen atoms in total. The van der Waals surface area contributed by atoms with Crippen molar-refractivity contribution in [3.63, 3.8) is 0 Å². The van der Waals surface area contributed by atoms with E-state index in [2.05, 4.69) is 46.9 Å². The maximum absolute atomic E-state index is 13.3. The minimum absolute atomic E-state index is 0.235. The molecule has 0 unspecified atom stereocenters. The number of hydrogen-bond acceptors (Lipinski definition) is 0. The van der Waals surface area contributed by atoms with Crippen molar-refractivity contribution >= 4 is 22.6 Å². The van der Waals surface area contributed by atoms with Gasteiger partial charge in [-0.2, -0.15) is 0 Å². The van der Waals surface area contributed by atoms with Crippen LogP contribution >= 0.6 is 22.6 Å². The zero-order valence-electron chi connectivity index (χ0n) is 7.19. The molecule has 0 aromatic heterocycles. The molecule has 3 aliphatic carbocycles. The topological polar surface area (TPSA) is 0 Å². The molecule has 1 aromatic carbocycles. The van der Waals surface area contributed by atoms with Crippen molar-refractivity contribution in [3.8, 4) is 0 Å². The fourth-order valence-corrected chi connectivity index (χ4v) is 3.13. The van der Waals surface area contributed by atoms with Crippen LogP contribution in [0.25, 0.3) is 0 Å². The van der Waals surface area contributed by atoms with Crippen molar-refractivity contribution in [2.45, 2.75) is 30.3 Å². The standard InChI is InChI=1S/C11H10FI/c12-11-5-10(6-11,7-11)8-1-3-9(13)4-2-8/h1-4H,5-7H2. The highest BCUT2D eigenvalue weighted by Crippen LogP contribution is 2.69. The van der Waals surface area contributed by atoms with E-state index in [4.69, 9.17) is 0 Å². The maximum Gasteiger partial charge on any atom is 0.113 e. The quantitative estimate of drug-likeness (QED) is 0.694. The highest BCUT2D eigenvalue weighted by Gasteiger charge is 2.69. The minimum Gasteiger partial charge on any atom is -0.244 e. The van der Waals surface area contributed by atoms with E-state index in [9.17, 15) is 4.39 Å². The van der Waals surface area contributed by atoms with Crippen LogP contribution < -0.4 is 0 Å². The molecular weight excluding hydrogens is 278 g/mol. The van der Waals surface area contributed by atoms with E-state index in [0.717, 1.165) is 19.3 Å². The van der Waals surface area contributed by atoms with Crippen molar-refractivity contribution in [3.05, 3.63) is 33.4 Å². The molecule has 1 aromatic rings. The van der Waals surface area contributed by atoms with Gasteiger partial charge in [0.05, 0.1) is 0 Å². The fraction of sp³-hybridized carbons (Fsp3) is 0.455. The van der Waals surface area contributed by atoms with Gasteiger partial charge in [0.2, 0.25) is 0 Å². The largest absolute Gasteiger partial charge is 0.244 e. The third-order valence-electron chi connectivity index (χ3n) is 3.42. The molecule has 0 aliphatic heterocycles. The Morgan fingerprint density at radius 1 is 1.08 bits per heavy atom. The van der Waals surface area contributed by atoms with Crippen LogP contribution in [0, 0.1) is 3.57 Å². The molecule has 4 rings (SSSR count). The van der Waals surface area contributed by atoms with E-state index < -0.39 is 5.67 Å². The SMILES string of the molecule is FC12CC(c3ccc(I)cc3)(C1)C2. The molecule has 0 radical (unpaired) electrons. The average Bonchev–Trinajstić information content (AvgIpc) is 1.99. The molecule has 2 bridgehead atoms. The van der Waals surface area contributed by atoms with Crippen LogP contribution in [0.5, 0.6) is 0 Å². The Labute approximate surface area is 90.7 Å². The molecule has 0 atom stereocenters. The van der Waals surface area contributed by atoms with Gasteiger partial charge in [-0.15, -0.1) is 0 Å². The molecule has 0 amide bonds. The van der Waals surface area contributed by atoms with Gasteiger partial charge in [-0.1, -0.05) is 12.1 Å². The molecule has 3 saturated carbocycles. The lowest BCUT2D eigenvalue weighted by atomic mass is 9.40. The first-order valence-corrected chi connectivity index (χ1v) is 5.65. The van der Waals surface area contributed by atoms with Gasteiger partial charge in [0, 0.05) is 8.99 Å². The summed E-state index contributed by atoms with van der Waals surface area (Å²) < 4.78 is 14.5. The molecule has 68 valence electrons. The van der Waals surface area contributed by atoms with E-state index in [1.54, 1.807) is 0 Å². The normalized spacial score (nSPS) is 40.8. The molecular formula is C11H10FI. The van der Waals surface area contributed by atoms with Gasteiger partial charge in [0.1, 0.15) is 5.67 Å². The maximum atomic E-state index is 13.3. The van der Waals surface area contributed by atoms with Gasteiger partial charge in [-0.25, -0.2) is 4.39 Å².